The highest BCUT2D eigenvalue weighted by molar-refractivity contribution is 6.01. The van der Waals surface area contributed by atoms with Gasteiger partial charge in [-0.15, -0.1) is 0 Å². The Balaban J connectivity index is 1.88. The molecule has 6 nitrogen and oxygen atoms in total. The van der Waals surface area contributed by atoms with Crippen LogP contribution in [0.25, 0.3) is 0 Å². The molecular weight excluding hydrogens is 260 g/mol. The molecule has 6 heteroatoms. The van der Waals surface area contributed by atoms with E-state index in [1.807, 2.05) is 0 Å². The number of benzene rings is 1. The van der Waals surface area contributed by atoms with Crippen molar-refractivity contribution in [2.45, 2.75) is 25.3 Å². The van der Waals surface area contributed by atoms with Gasteiger partial charge in [-0.3, -0.25) is 19.7 Å². The number of rotatable bonds is 4. The van der Waals surface area contributed by atoms with Crippen LogP contribution < -0.4 is 15.4 Å². The number of ether oxygens (including phenoxy) is 1. The lowest BCUT2D eigenvalue weighted by atomic mass is 10.1. The largest absolute Gasteiger partial charge is 0.497 e. The zero-order chi connectivity index (χ0) is 14.5. The van der Waals surface area contributed by atoms with Crippen molar-refractivity contribution in [3.8, 4) is 5.75 Å². The molecule has 1 aromatic rings. The number of amides is 3. The summed E-state index contributed by atoms with van der Waals surface area (Å²) in [6.45, 7) is 0. The smallest absolute Gasteiger partial charge is 0.249 e. The second-order valence-corrected chi connectivity index (χ2v) is 4.60. The Bertz CT molecular complexity index is 524. The maximum atomic E-state index is 11.9. The van der Waals surface area contributed by atoms with Gasteiger partial charge in [0.05, 0.1) is 13.5 Å². The van der Waals surface area contributed by atoms with Crippen LogP contribution in [0, 0.1) is 0 Å². The average Bonchev–Trinajstić information content (AvgIpc) is 2.43. The molecule has 1 aliphatic rings. The zero-order valence-corrected chi connectivity index (χ0v) is 11.1. The summed E-state index contributed by atoms with van der Waals surface area (Å²) < 4.78 is 5.03. The summed E-state index contributed by atoms with van der Waals surface area (Å²) in [7, 11) is 1.57. The number of imide groups is 1. The fourth-order valence-corrected chi connectivity index (χ4v) is 2.01. The van der Waals surface area contributed by atoms with Crippen molar-refractivity contribution in [1.82, 2.24) is 10.6 Å². The van der Waals surface area contributed by atoms with E-state index in [-0.39, 0.29) is 24.7 Å². The lowest BCUT2D eigenvalue weighted by Gasteiger charge is -2.21. The Morgan fingerprint density at radius 1 is 1.35 bits per heavy atom. The number of nitrogens with one attached hydrogen (secondary N) is 2. The number of piperidine rings is 1. The van der Waals surface area contributed by atoms with Gasteiger partial charge >= 0.3 is 0 Å². The maximum absolute atomic E-state index is 11.9. The van der Waals surface area contributed by atoms with Crippen molar-refractivity contribution in [2.75, 3.05) is 7.11 Å². The molecule has 2 N–H and O–H groups in total. The molecule has 0 bridgehead atoms. The van der Waals surface area contributed by atoms with Crippen LogP contribution in [0.3, 0.4) is 0 Å². The Labute approximate surface area is 116 Å². The van der Waals surface area contributed by atoms with E-state index in [1.165, 1.54) is 0 Å². The van der Waals surface area contributed by atoms with Crippen molar-refractivity contribution in [2.24, 2.45) is 0 Å². The number of methoxy groups -OCH3 is 1. The minimum absolute atomic E-state index is 0.182. The van der Waals surface area contributed by atoms with Crippen LogP contribution in [0.4, 0.5) is 0 Å². The van der Waals surface area contributed by atoms with Gasteiger partial charge < -0.3 is 10.1 Å². The number of carbonyl (C=O) groups is 3. The van der Waals surface area contributed by atoms with E-state index in [2.05, 4.69) is 10.6 Å². The summed E-state index contributed by atoms with van der Waals surface area (Å²) in [4.78, 5) is 34.4. The van der Waals surface area contributed by atoms with Crippen LogP contribution in [0.1, 0.15) is 18.4 Å². The third-order valence-electron chi connectivity index (χ3n) is 3.10. The normalized spacial score (nSPS) is 18.4. The molecule has 1 fully saturated rings. The molecule has 1 heterocycles. The van der Waals surface area contributed by atoms with E-state index in [1.54, 1.807) is 31.4 Å². The highest BCUT2D eigenvalue weighted by Crippen LogP contribution is 2.12. The van der Waals surface area contributed by atoms with E-state index in [4.69, 9.17) is 4.74 Å². The van der Waals surface area contributed by atoms with Gasteiger partial charge in [-0.25, -0.2) is 0 Å². The molecule has 0 saturated carbocycles. The van der Waals surface area contributed by atoms with Gasteiger partial charge in [-0.05, 0) is 24.1 Å². The number of hydrogen-bond donors (Lipinski definition) is 2. The monoisotopic (exact) mass is 276 g/mol. The molecule has 0 unspecified atom stereocenters. The van der Waals surface area contributed by atoms with Crippen LogP contribution >= 0.6 is 0 Å². The van der Waals surface area contributed by atoms with Gasteiger partial charge in [0.25, 0.3) is 0 Å². The second kappa shape index (κ2) is 6.18. The van der Waals surface area contributed by atoms with Crippen molar-refractivity contribution in [3.63, 3.8) is 0 Å². The fraction of sp³-hybridized carbons (Fsp3) is 0.357. The first kappa shape index (κ1) is 14.0. The van der Waals surface area contributed by atoms with Crippen LogP contribution in [-0.4, -0.2) is 30.9 Å². The van der Waals surface area contributed by atoms with E-state index in [0.717, 1.165) is 11.3 Å². The van der Waals surface area contributed by atoms with Crippen molar-refractivity contribution in [3.05, 3.63) is 29.8 Å². The van der Waals surface area contributed by atoms with Crippen LogP contribution in [0.5, 0.6) is 5.75 Å². The SMILES string of the molecule is COc1ccc(CC(=O)N[C@H]2CCC(=O)NC2=O)cc1. The minimum Gasteiger partial charge on any atom is -0.497 e. The summed E-state index contributed by atoms with van der Waals surface area (Å²) in [5.74, 6) is -0.260. The quantitative estimate of drug-likeness (QED) is 0.767. The molecule has 1 aromatic carbocycles. The van der Waals surface area contributed by atoms with Crippen LogP contribution in [-0.2, 0) is 20.8 Å². The summed E-state index contributed by atoms with van der Waals surface area (Å²) in [5.41, 5.74) is 0.829. The first-order valence-corrected chi connectivity index (χ1v) is 6.34. The third kappa shape index (κ3) is 3.57. The molecule has 0 aromatic heterocycles. The molecule has 0 spiro atoms. The number of hydrogen-bond acceptors (Lipinski definition) is 4. The highest BCUT2D eigenvalue weighted by Gasteiger charge is 2.27. The molecular formula is C14H16N2O4. The molecule has 2 rings (SSSR count). The van der Waals surface area contributed by atoms with Crippen LogP contribution in [0.15, 0.2) is 24.3 Å². The lowest BCUT2D eigenvalue weighted by Crippen LogP contribution is -2.52. The molecule has 0 radical (unpaired) electrons. The number of carbonyl (C=O) groups excluding carboxylic acids is 3. The minimum atomic E-state index is -0.626. The second-order valence-electron chi connectivity index (χ2n) is 4.60. The van der Waals surface area contributed by atoms with Gasteiger partial charge in [0.1, 0.15) is 11.8 Å². The lowest BCUT2D eigenvalue weighted by molar-refractivity contribution is -0.137. The highest BCUT2D eigenvalue weighted by atomic mass is 16.5. The molecule has 1 atom stereocenters. The van der Waals surface area contributed by atoms with Gasteiger partial charge in [0, 0.05) is 6.42 Å². The molecule has 1 saturated heterocycles. The molecule has 0 aliphatic carbocycles. The van der Waals surface area contributed by atoms with Crippen LogP contribution in [0.2, 0.25) is 0 Å². The Morgan fingerprint density at radius 2 is 2.05 bits per heavy atom. The van der Waals surface area contributed by atoms with Gasteiger partial charge in [-0.1, -0.05) is 12.1 Å². The molecule has 1 aliphatic heterocycles. The standard InChI is InChI=1S/C14H16N2O4/c1-20-10-4-2-9(3-5-10)8-13(18)15-11-6-7-12(17)16-14(11)19/h2-5,11H,6-8H2,1H3,(H,15,18)(H,16,17,19)/t11-/m0/s1. The van der Waals surface area contributed by atoms with E-state index in [9.17, 15) is 14.4 Å². The summed E-state index contributed by atoms with van der Waals surface area (Å²) in [6.07, 6.45) is 0.778. The Kier molecular flexibility index (Phi) is 4.34. The predicted octanol–water partition coefficient (Wildman–Crippen LogP) is 0.159. The maximum Gasteiger partial charge on any atom is 0.249 e. The first-order valence-electron chi connectivity index (χ1n) is 6.34. The molecule has 3 amide bonds. The zero-order valence-electron chi connectivity index (χ0n) is 11.1. The van der Waals surface area contributed by atoms with E-state index >= 15 is 0 Å². The molecule has 20 heavy (non-hydrogen) atoms. The van der Waals surface area contributed by atoms with E-state index < -0.39 is 11.9 Å². The third-order valence-corrected chi connectivity index (χ3v) is 3.10. The summed E-state index contributed by atoms with van der Waals surface area (Å²) in [5, 5.41) is 4.84. The van der Waals surface area contributed by atoms with Crippen molar-refractivity contribution < 1.29 is 19.1 Å². The van der Waals surface area contributed by atoms with Gasteiger partial charge in [0.15, 0.2) is 0 Å². The summed E-state index contributed by atoms with van der Waals surface area (Å²) >= 11 is 0. The fourth-order valence-electron chi connectivity index (χ4n) is 2.01. The van der Waals surface area contributed by atoms with Gasteiger partial charge in [-0.2, -0.15) is 0 Å². The van der Waals surface area contributed by atoms with E-state index in [0.29, 0.717) is 6.42 Å². The average molecular weight is 276 g/mol. The predicted molar refractivity (Wildman–Crippen MR) is 71.0 cm³/mol. The van der Waals surface area contributed by atoms with Gasteiger partial charge in [0.2, 0.25) is 17.7 Å². The first-order chi connectivity index (χ1) is 9.58. The summed E-state index contributed by atoms with van der Waals surface area (Å²) in [6, 6.07) is 6.51. The molecule has 106 valence electrons. The Hall–Kier alpha value is -2.37. The topological polar surface area (TPSA) is 84.5 Å². The van der Waals surface area contributed by atoms with Crippen molar-refractivity contribution in [1.29, 1.82) is 0 Å². The Morgan fingerprint density at radius 3 is 2.65 bits per heavy atom. The van der Waals surface area contributed by atoms with Crippen molar-refractivity contribution >= 4 is 17.7 Å².